The lowest BCUT2D eigenvalue weighted by atomic mass is 9.94. The van der Waals surface area contributed by atoms with Crippen molar-refractivity contribution in [3.63, 3.8) is 0 Å². The van der Waals surface area contributed by atoms with E-state index in [1.807, 2.05) is 13.8 Å². The second-order valence-corrected chi connectivity index (χ2v) is 9.66. The summed E-state index contributed by atoms with van der Waals surface area (Å²) in [5.41, 5.74) is 1.17. The molecule has 1 aliphatic carbocycles. The number of anilines is 1. The van der Waals surface area contributed by atoms with Crippen LogP contribution in [-0.4, -0.2) is 59.5 Å². The highest BCUT2D eigenvalue weighted by Gasteiger charge is 2.35. The molecule has 2 aliphatic rings. The number of carbonyl (C=O) groups excluding carboxylic acids is 1. The third-order valence-electron chi connectivity index (χ3n) is 6.87. The minimum atomic E-state index is -4.65. The SMILES string of the molecule is CC(C)NCC(C(=O)N1CCN(c2ncnc3c2C(C)CC3)CC1)c1ccc(C(F)(F)F)cc1F. The van der Waals surface area contributed by atoms with Gasteiger partial charge in [0.15, 0.2) is 0 Å². The van der Waals surface area contributed by atoms with Crippen LogP contribution in [-0.2, 0) is 17.4 Å². The lowest BCUT2D eigenvalue weighted by Crippen LogP contribution is -2.51. The smallest absolute Gasteiger partial charge is 0.353 e. The molecule has 0 radical (unpaired) electrons. The van der Waals surface area contributed by atoms with Crippen LogP contribution < -0.4 is 10.2 Å². The Kier molecular flexibility index (Phi) is 7.30. The number of aromatic nitrogens is 2. The number of hydrogen-bond donors (Lipinski definition) is 1. The van der Waals surface area contributed by atoms with Gasteiger partial charge in [0.25, 0.3) is 0 Å². The van der Waals surface area contributed by atoms with Crippen molar-refractivity contribution in [2.24, 2.45) is 0 Å². The van der Waals surface area contributed by atoms with Crippen molar-refractivity contribution >= 4 is 11.7 Å². The summed E-state index contributed by atoms with van der Waals surface area (Å²) < 4.78 is 53.9. The lowest BCUT2D eigenvalue weighted by Gasteiger charge is -2.38. The Bertz CT molecular complexity index is 1070. The molecule has 0 bridgehead atoms. The molecule has 35 heavy (non-hydrogen) atoms. The number of fused-ring (bicyclic) bond motifs is 1. The summed E-state index contributed by atoms with van der Waals surface area (Å²) in [5, 5.41) is 3.14. The first-order valence-electron chi connectivity index (χ1n) is 12.0. The van der Waals surface area contributed by atoms with Crippen molar-refractivity contribution in [1.29, 1.82) is 0 Å². The highest BCUT2D eigenvalue weighted by molar-refractivity contribution is 5.84. The molecule has 1 aromatic heterocycles. The molecule has 1 saturated heterocycles. The maximum absolute atomic E-state index is 14.8. The average molecular weight is 494 g/mol. The number of amides is 1. The van der Waals surface area contributed by atoms with Gasteiger partial charge in [0.2, 0.25) is 5.91 Å². The third-order valence-corrected chi connectivity index (χ3v) is 6.87. The number of carbonyl (C=O) groups is 1. The zero-order valence-corrected chi connectivity index (χ0v) is 20.2. The van der Waals surface area contributed by atoms with Crippen LogP contribution in [0.25, 0.3) is 0 Å². The predicted molar refractivity (Wildman–Crippen MR) is 125 cm³/mol. The Labute approximate surface area is 202 Å². The molecule has 1 aliphatic heterocycles. The molecular formula is C25H31F4N5O. The summed E-state index contributed by atoms with van der Waals surface area (Å²) in [4.78, 5) is 26.3. The molecule has 6 nitrogen and oxygen atoms in total. The van der Waals surface area contributed by atoms with E-state index in [-0.39, 0.29) is 24.1 Å². The molecule has 10 heteroatoms. The molecule has 1 fully saturated rings. The van der Waals surface area contributed by atoms with Gasteiger partial charge in [-0.1, -0.05) is 26.8 Å². The van der Waals surface area contributed by atoms with Crippen molar-refractivity contribution in [1.82, 2.24) is 20.2 Å². The fourth-order valence-electron chi connectivity index (χ4n) is 4.90. The van der Waals surface area contributed by atoms with Crippen molar-refractivity contribution in [2.75, 3.05) is 37.6 Å². The van der Waals surface area contributed by atoms with Crippen molar-refractivity contribution < 1.29 is 22.4 Å². The summed E-state index contributed by atoms with van der Waals surface area (Å²) in [5.74, 6) is -0.936. The van der Waals surface area contributed by atoms with E-state index in [1.165, 1.54) is 5.56 Å². The van der Waals surface area contributed by atoms with Gasteiger partial charge in [-0.3, -0.25) is 4.79 Å². The number of piperazine rings is 1. The number of halogens is 4. The maximum Gasteiger partial charge on any atom is 0.416 e. The van der Waals surface area contributed by atoms with E-state index in [0.717, 1.165) is 36.5 Å². The Morgan fingerprint density at radius 3 is 2.51 bits per heavy atom. The van der Waals surface area contributed by atoms with Gasteiger partial charge in [-0.25, -0.2) is 14.4 Å². The van der Waals surface area contributed by atoms with Crippen molar-refractivity contribution in [3.05, 3.63) is 52.7 Å². The first-order valence-corrected chi connectivity index (χ1v) is 12.0. The Hall–Kier alpha value is -2.75. The van der Waals surface area contributed by atoms with Crippen LogP contribution in [0.1, 0.15) is 61.4 Å². The lowest BCUT2D eigenvalue weighted by molar-refractivity contribution is -0.137. The van der Waals surface area contributed by atoms with Crippen LogP contribution in [0.5, 0.6) is 0 Å². The van der Waals surface area contributed by atoms with Gasteiger partial charge >= 0.3 is 6.18 Å². The predicted octanol–water partition coefficient (Wildman–Crippen LogP) is 4.11. The molecule has 0 saturated carbocycles. The van der Waals surface area contributed by atoms with Gasteiger partial charge in [0, 0.05) is 55.6 Å². The molecule has 0 spiro atoms. The first-order chi connectivity index (χ1) is 16.6. The van der Waals surface area contributed by atoms with E-state index in [0.29, 0.717) is 38.2 Å². The number of hydrogen-bond acceptors (Lipinski definition) is 5. The largest absolute Gasteiger partial charge is 0.416 e. The summed E-state index contributed by atoms with van der Waals surface area (Å²) in [6.45, 7) is 8.08. The number of benzene rings is 1. The molecule has 190 valence electrons. The van der Waals surface area contributed by atoms with Gasteiger partial charge < -0.3 is 15.1 Å². The van der Waals surface area contributed by atoms with Crippen LogP contribution >= 0.6 is 0 Å². The molecule has 1 N–H and O–H groups in total. The molecule has 4 rings (SSSR count). The summed E-state index contributed by atoms with van der Waals surface area (Å²) in [6.07, 6.45) is -1.08. The van der Waals surface area contributed by atoms with E-state index in [9.17, 15) is 22.4 Å². The van der Waals surface area contributed by atoms with Crippen LogP contribution in [0.3, 0.4) is 0 Å². The first kappa shape index (κ1) is 25.3. The number of alkyl halides is 3. The minimum Gasteiger partial charge on any atom is -0.353 e. The molecule has 2 heterocycles. The van der Waals surface area contributed by atoms with Crippen molar-refractivity contribution in [3.8, 4) is 0 Å². The number of rotatable bonds is 6. The fourth-order valence-corrected chi connectivity index (χ4v) is 4.90. The average Bonchev–Trinajstić information content (AvgIpc) is 3.20. The quantitative estimate of drug-likeness (QED) is 0.614. The molecule has 1 amide bonds. The van der Waals surface area contributed by atoms with Crippen molar-refractivity contribution in [2.45, 2.75) is 57.7 Å². The summed E-state index contributed by atoms with van der Waals surface area (Å²) in [7, 11) is 0. The molecular weight excluding hydrogens is 462 g/mol. The van der Waals surface area contributed by atoms with Gasteiger partial charge in [-0.2, -0.15) is 13.2 Å². The van der Waals surface area contributed by atoms with E-state index in [4.69, 9.17) is 0 Å². The normalized spacial score (nSPS) is 19.3. The highest BCUT2D eigenvalue weighted by Crippen LogP contribution is 2.37. The van der Waals surface area contributed by atoms with Crippen LogP contribution in [0.15, 0.2) is 24.5 Å². The van der Waals surface area contributed by atoms with E-state index in [2.05, 4.69) is 27.1 Å². The number of nitrogens with zero attached hydrogens (tertiary/aromatic N) is 4. The fraction of sp³-hybridized carbons (Fsp3) is 0.560. The molecule has 2 atom stereocenters. The van der Waals surface area contributed by atoms with Gasteiger partial charge in [0.05, 0.1) is 11.5 Å². The second-order valence-electron chi connectivity index (χ2n) is 9.66. The van der Waals surface area contributed by atoms with Crippen LogP contribution in [0.4, 0.5) is 23.4 Å². The second kappa shape index (κ2) is 10.1. The topological polar surface area (TPSA) is 61.4 Å². The highest BCUT2D eigenvalue weighted by atomic mass is 19.4. The summed E-state index contributed by atoms with van der Waals surface area (Å²) >= 11 is 0. The van der Waals surface area contributed by atoms with E-state index < -0.39 is 23.5 Å². The molecule has 1 aromatic carbocycles. The third kappa shape index (κ3) is 5.42. The Morgan fingerprint density at radius 1 is 1.17 bits per heavy atom. The zero-order valence-electron chi connectivity index (χ0n) is 20.2. The van der Waals surface area contributed by atoms with E-state index in [1.54, 1.807) is 11.2 Å². The monoisotopic (exact) mass is 493 g/mol. The van der Waals surface area contributed by atoms with Gasteiger partial charge in [-0.15, -0.1) is 0 Å². The number of aryl methyl sites for hydroxylation is 1. The Morgan fingerprint density at radius 2 is 1.89 bits per heavy atom. The van der Waals surface area contributed by atoms with E-state index >= 15 is 0 Å². The van der Waals surface area contributed by atoms with Crippen LogP contribution in [0, 0.1) is 5.82 Å². The van der Waals surface area contributed by atoms with Gasteiger partial charge in [0.1, 0.15) is 18.0 Å². The molecule has 2 aromatic rings. The maximum atomic E-state index is 14.8. The molecule has 2 unspecified atom stereocenters. The van der Waals surface area contributed by atoms with Crippen LogP contribution in [0.2, 0.25) is 0 Å². The van der Waals surface area contributed by atoms with Gasteiger partial charge in [-0.05, 0) is 30.9 Å². The summed E-state index contributed by atoms with van der Waals surface area (Å²) in [6, 6.07) is 2.43. The Balaban J connectivity index is 1.51. The minimum absolute atomic E-state index is 0.0268. The zero-order chi connectivity index (χ0) is 25.3. The number of nitrogens with one attached hydrogen (secondary N) is 1. The standard InChI is InChI=1S/C25H31F4N5O/c1-15(2)30-13-19(18-6-5-17(12-20(18)26)25(27,28)29)24(35)34-10-8-33(9-11-34)23-22-16(3)4-7-21(22)31-14-32-23/h5-6,12,14-16,19,30H,4,7-11,13H2,1-3H3.